The first-order valence-electron chi connectivity index (χ1n) is 8.88. The highest BCUT2D eigenvalue weighted by Gasteiger charge is 2.14. The molecule has 0 saturated carbocycles. The molecule has 4 heteroatoms. The van der Waals surface area contributed by atoms with Crippen LogP contribution in [0, 0.1) is 11.3 Å². The minimum atomic E-state index is -0.217. The van der Waals surface area contributed by atoms with Gasteiger partial charge in [-0.25, -0.2) is 0 Å². The van der Waals surface area contributed by atoms with E-state index in [-0.39, 0.29) is 5.91 Å². The summed E-state index contributed by atoms with van der Waals surface area (Å²) >= 11 is 0. The molecule has 3 aromatic carbocycles. The number of benzene rings is 3. The summed E-state index contributed by atoms with van der Waals surface area (Å²) in [5.74, 6) is 0.481. The smallest absolute Gasteiger partial charge is 0.256 e. The Morgan fingerprint density at radius 3 is 2.36 bits per heavy atom. The number of carbonyl (C=O) groups excluding carboxylic acids is 1. The Hall–Kier alpha value is -3.84. The van der Waals surface area contributed by atoms with E-state index in [9.17, 15) is 4.79 Å². The first-order chi connectivity index (χ1) is 13.7. The largest absolute Gasteiger partial charge is 0.496 e. The molecule has 0 heterocycles. The van der Waals surface area contributed by atoms with Crippen LogP contribution >= 0.6 is 0 Å². The van der Waals surface area contributed by atoms with Crippen molar-refractivity contribution in [2.24, 2.45) is 0 Å². The fraction of sp³-hybridized carbons (Fsp3) is 0.0833. The number of anilines is 1. The molecule has 0 saturated heterocycles. The van der Waals surface area contributed by atoms with Gasteiger partial charge in [0.15, 0.2) is 0 Å². The van der Waals surface area contributed by atoms with Gasteiger partial charge in [0.05, 0.1) is 19.6 Å². The molecule has 138 valence electrons. The molecule has 0 spiro atoms. The van der Waals surface area contributed by atoms with Crippen molar-refractivity contribution in [3.63, 3.8) is 0 Å². The summed E-state index contributed by atoms with van der Waals surface area (Å²) in [6.45, 7) is 0. The van der Waals surface area contributed by atoms with E-state index in [1.54, 1.807) is 19.2 Å². The van der Waals surface area contributed by atoms with E-state index in [0.29, 0.717) is 23.4 Å². The number of rotatable bonds is 6. The van der Waals surface area contributed by atoms with Gasteiger partial charge in [0.25, 0.3) is 5.91 Å². The molecule has 0 radical (unpaired) electrons. The zero-order valence-corrected chi connectivity index (χ0v) is 15.6. The van der Waals surface area contributed by atoms with Crippen LogP contribution in [0.5, 0.6) is 5.75 Å². The van der Waals surface area contributed by atoms with E-state index in [4.69, 9.17) is 10.00 Å². The summed E-state index contributed by atoms with van der Waals surface area (Å²) in [6, 6.07) is 26.5. The van der Waals surface area contributed by atoms with Gasteiger partial charge in [-0.15, -0.1) is 0 Å². The van der Waals surface area contributed by atoms with E-state index < -0.39 is 0 Å². The van der Waals surface area contributed by atoms with Crippen LogP contribution in [-0.4, -0.2) is 13.0 Å². The predicted molar refractivity (Wildman–Crippen MR) is 112 cm³/mol. The van der Waals surface area contributed by atoms with Crippen molar-refractivity contribution >= 4 is 23.2 Å². The summed E-state index contributed by atoms with van der Waals surface area (Å²) in [7, 11) is 1.61. The van der Waals surface area contributed by atoms with Gasteiger partial charge in [-0.3, -0.25) is 4.79 Å². The number of ether oxygens (including phenoxy) is 1. The van der Waals surface area contributed by atoms with Crippen LogP contribution in [0.25, 0.3) is 11.6 Å². The minimum Gasteiger partial charge on any atom is -0.496 e. The van der Waals surface area contributed by atoms with Crippen molar-refractivity contribution in [1.29, 1.82) is 5.26 Å². The number of para-hydroxylation sites is 1. The first kappa shape index (κ1) is 18.9. The normalized spacial score (nSPS) is 10.8. The van der Waals surface area contributed by atoms with Crippen LogP contribution in [0.2, 0.25) is 0 Å². The molecule has 1 N–H and O–H groups in total. The lowest BCUT2D eigenvalue weighted by atomic mass is 10.0. The van der Waals surface area contributed by atoms with Crippen molar-refractivity contribution in [3.8, 4) is 11.8 Å². The zero-order valence-electron chi connectivity index (χ0n) is 15.6. The number of nitrogens with one attached hydrogen (secondary N) is 1. The second kappa shape index (κ2) is 9.20. The Balaban J connectivity index is 1.94. The number of hydrogen-bond acceptors (Lipinski definition) is 3. The topological polar surface area (TPSA) is 62.1 Å². The SMILES string of the molecule is COc1ccccc1/C=C(/C(=O)Nc1ccc(CC#N)cc1)c1ccccc1. The lowest BCUT2D eigenvalue weighted by Crippen LogP contribution is -2.13. The highest BCUT2D eigenvalue weighted by molar-refractivity contribution is 6.29. The maximum atomic E-state index is 13.1. The number of carbonyl (C=O) groups is 1. The Morgan fingerprint density at radius 1 is 1.00 bits per heavy atom. The molecule has 0 aromatic heterocycles. The molecular formula is C24H20N2O2. The average Bonchev–Trinajstić information content (AvgIpc) is 2.74. The van der Waals surface area contributed by atoms with E-state index >= 15 is 0 Å². The molecule has 0 fully saturated rings. The maximum Gasteiger partial charge on any atom is 0.256 e. The highest BCUT2D eigenvalue weighted by atomic mass is 16.5. The van der Waals surface area contributed by atoms with Crippen LogP contribution in [0.3, 0.4) is 0 Å². The predicted octanol–water partition coefficient (Wildman–Crippen LogP) is 4.94. The molecule has 3 aromatic rings. The fourth-order valence-corrected chi connectivity index (χ4v) is 2.83. The van der Waals surface area contributed by atoms with Gasteiger partial charge in [-0.1, -0.05) is 60.7 Å². The highest BCUT2D eigenvalue weighted by Crippen LogP contribution is 2.26. The zero-order chi connectivity index (χ0) is 19.8. The third-order valence-electron chi connectivity index (χ3n) is 4.26. The molecular weight excluding hydrogens is 348 g/mol. The third kappa shape index (κ3) is 4.66. The van der Waals surface area contributed by atoms with Crippen LogP contribution in [-0.2, 0) is 11.2 Å². The molecule has 0 aliphatic rings. The number of nitriles is 1. The summed E-state index contributed by atoms with van der Waals surface area (Å²) < 4.78 is 5.41. The van der Waals surface area contributed by atoms with E-state index in [2.05, 4.69) is 11.4 Å². The Labute approximate surface area is 164 Å². The third-order valence-corrected chi connectivity index (χ3v) is 4.26. The molecule has 3 rings (SSSR count). The van der Waals surface area contributed by atoms with Gasteiger partial charge >= 0.3 is 0 Å². The molecule has 0 unspecified atom stereocenters. The Morgan fingerprint density at radius 2 is 1.68 bits per heavy atom. The first-order valence-corrected chi connectivity index (χ1v) is 8.88. The van der Waals surface area contributed by atoms with Gasteiger partial charge in [0.2, 0.25) is 0 Å². The second-order valence-corrected chi connectivity index (χ2v) is 6.15. The van der Waals surface area contributed by atoms with E-state index in [1.807, 2.05) is 72.8 Å². The van der Waals surface area contributed by atoms with Crippen molar-refractivity contribution in [1.82, 2.24) is 0 Å². The van der Waals surface area contributed by atoms with Gasteiger partial charge in [-0.2, -0.15) is 5.26 Å². The minimum absolute atomic E-state index is 0.217. The van der Waals surface area contributed by atoms with Gasteiger partial charge < -0.3 is 10.1 Å². The van der Waals surface area contributed by atoms with E-state index in [1.165, 1.54) is 0 Å². The van der Waals surface area contributed by atoms with E-state index in [0.717, 1.165) is 16.7 Å². The fourth-order valence-electron chi connectivity index (χ4n) is 2.83. The molecule has 0 aliphatic carbocycles. The van der Waals surface area contributed by atoms with Gasteiger partial charge in [0.1, 0.15) is 5.75 Å². The maximum absolute atomic E-state index is 13.1. The number of methoxy groups -OCH3 is 1. The van der Waals surface area contributed by atoms with Crippen LogP contribution in [0.15, 0.2) is 78.9 Å². The molecule has 0 atom stereocenters. The summed E-state index contributed by atoms with van der Waals surface area (Å²) in [5, 5.41) is 11.7. The monoisotopic (exact) mass is 368 g/mol. The van der Waals surface area contributed by atoms with Crippen LogP contribution in [0.4, 0.5) is 5.69 Å². The lowest BCUT2D eigenvalue weighted by molar-refractivity contribution is -0.111. The lowest BCUT2D eigenvalue weighted by Gasteiger charge is -2.11. The average molecular weight is 368 g/mol. The molecule has 4 nitrogen and oxygen atoms in total. The Kier molecular flexibility index (Phi) is 6.22. The Bertz CT molecular complexity index is 1020. The second-order valence-electron chi connectivity index (χ2n) is 6.15. The van der Waals surface area contributed by atoms with Gasteiger partial charge in [0, 0.05) is 16.8 Å². The summed E-state index contributed by atoms with van der Waals surface area (Å²) in [6.07, 6.45) is 2.17. The molecule has 0 aliphatic heterocycles. The van der Waals surface area contributed by atoms with Gasteiger partial charge in [-0.05, 0) is 35.4 Å². The van der Waals surface area contributed by atoms with Crippen LogP contribution in [0.1, 0.15) is 16.7 Å². The van der Waals surface area contributed by atoms with Crippen molar-refractivity contribution < 1.29 is 9.53 Å². The molecule has 0 bridgehead atoms. The number of hydrogen-bond donors (Lipinski definition) is 1. The van der Waals surface area contributed by atoms with Crippen molar-refractivity contribution in [2.45, 2.75) is 6.42 Å². The molecule has 28 heavy (non-hydrogen) atoms. The molecule has 1 amide bonds. The summed E-state index contributed by atoms with van der Waals surface area (Å²) in [5.41, 5.74) is 3.75. The summed E-state index contributed by atoms with van der Waals surface area (Å²) in [4.78, 5) is 13.1. The number of nitrogens with zero attached hydrogens (tertiary/aromatic N) is 1. The van der Waals surface area contributed by atoms with Crippen LogP contribution < -0.4 is 10.1 Å². The number of amides is 1. The quantitative estimate of drug-likeness (QED) is 0.495. The van der Waals surface area contributed by atoms with Crippen molar-refractivity contribution in [3.05, 3.63) is 95.6 Å². The van der Waals surface area contributed by atoms with Crippen molar-refractivity contribution in [2.75, 3.05) is 12.4 Å². The standard InChI is InChI=1S/C24H20N2O2/c1-28-23-10-6-5-9-20(23)17-22(19-7-3-2-4-8-19)24(27)26-21-13-11-18(12-14-21)15-16-25/h2-14,17H,15H2,1H3,(H,26,27)/b22-17+.